The molecule has 1 fully saturated rings. The van der Waals surface area contributed by atoms with Crippen molar-refractivity contribution < 1.29 is 17.9 Å². The molecule has 0 aliphatic carbocycles. The van der Waals surface area contributed by atoms with E-state index in [2.05, 4.69) is 9.97 Å². The third kappa shape index (κ3) is 4.54. The van der Waals surface area contributed by atoms with Gasteiger partial charge in [-0.1, -0.05) is 0 Å². The molecule has 2 rings (SSSR count). The zero-order valence-corrected chi connectivity index (χ0v) is 14.9. The van der Waals surface area contributed by atoms with Crippen LogP contribution in [0.3, 0.4) is 0 Å². The zero-order valence-electron chi connectivity index (χ0n) is 13.3. The minimum absolute atomic E-state index is 0.0822. The first kappa shape index (κ1) is 17.9. The first-order valence-corrected chi connectivity index (χ1v) is 9.22. The summed E-state index contributed by atoms with van der Waals surface area (Å²) < 4.78 is 30.6. The molecule has 1 saturated heterocycles. The highest BCUT2D eigenvalue weighted by atomic mass is 35.5. The number of sulfone groups is 1. The second kappa shape index (κ2) is 6.60. The van der Waals surface area contributed by atoms with Gasteiger partial charge in [-0.15, -0.1) is 0 Å². The van der Waals surface area contributed by atoms with Crippen molar-refractivity contribution in [1.29, 1.82) is 0 Å². The third-order valence-corrected chi connectivity index (χ3v) is 5.62. The molecule has 0 radical (unpaired) electrons. The lowest BCUT2D eigenvalue weighted by molar-refractivity contribution is 0.0219. The van der Waals surface area contributed by atoms with Crippen LogP contribution in [0.2, 0.25) is 5.28 Å². The van der Waals surface area contributed by atoms with Gasteiger partial charge in [-0.3, -0.25) is 0 Å². The van der Waals surface area contributed by atoms with Gasteiger partial charge in [0.25, 0.3) is 0 Å². The largest absolute Gasteiger partial charge is 0.444 e. The number of likely N-dealkylation sites (tertiary alicyclic amines) is 1. The maximum Gasteiger partial charge on any atom is 0.410 e. The van der Waals surface area contributed by atoms with Crippen molar-refractivity contribution in [2.75, 3.05) is 13.1 Å². The molecular formula is C14H20ClN3O4S. The highest BCUT2D eigenvalue weighted by Gasteiger charge is 2.36. The number of aromatic nitrogens is 2. The molecule has 1 atom stereocenters. The van der Waals surface area contributed by atoms with E-state index in [0.717, 1.165) is 0 Å². The molecule has 2 heterocycles. The van der Waals surface area contributed by atoms with Crippen molar-refractivity contribution in [2.24, 2.45) is 0 Å². The monoisotopic (exact) mass is 361 g/mol. The van der Waals surface area contributed by atoms with Gasteiger partial charge in [0, 0.05) is 19.3 Å². The number of halogens is 1. The molecular weight excluding hydrogens is 342 g/mol. The van der Waals surface area contributed by atoms with E-state index in [0.29, 0.717) is 19.4 Å². The first-order valence-electron chi connectivity index (χ1n) is 7.30. The zero-order chi connectivity index (χ0) is 17.3. The Hall–Kier alpha value is -1.41. The molecule has 0 saturated carbocycles. The standard InChI is InChI=1S/C14H20ClN3O4S/c1-14(2,3)22-13(19)18-8-4-5-10(9-18)23(20,21)11-6-7-16-12(15)17-11/h6-7,10H,4-5,8-9H2,1-3H3/t10-/m0/s1. The number of hydrogen-bond donors (Lipinski definition) is 0. The maximum absolute atomic E-state index is 12.7. The highest BCUT2D eigenvalue weighted by Crippen LogP contribution is 2.24. The lowest BCUT2D eigenvalue weighted by Crippen LogP contribution is -2.47. The smallest absolute Gasteiger partial charge is 0.410 e. The summed E-state index contributed by atoms with van der Waals surface area (Å²) in [5, 5.41) is -0.964. The van der Waals surface area contributed by atoms with Gasteiger partial charge in [-0.2, -0.15) is 0 Å². The van der Waals surface area contributed by atoms with E-state index in [1.807, 2.05) is 0 Å². The Morgan fingerprint density at radius 1 is 1.43 bits per heavy atom. The fraction of sp³-hybridized carbons (Fsp3) is 0.643. The Morgan fingerprint density at radius 2 is 2.13 bits per heavy atom. The Bertz CT molecular complexity index is 688. The van der Waals surface area contributed by atoms with E-state index < -0.39 is 26.8 Å². The SMILES string of the molecule is CC(C)(C)OC(=O)N1CCC[C@H](S(=O)(=O)c2ccnc(Cl)n2)C1. The summed E-state index contributed by atoms with van der Waals surface area (Å²) in [6, 6.07) is 1.31. The second-order valence-electron chi connectivity index (χ2n) is 6.40. The number of ether oxygens (including phenoxy) is 1. The fourth-order valence-corrected chi connectivity index (χ4v) is 4.19. The van der Waals surface area contributed by atoms with Crippen LogP contribution < -0.4 is 0 Å². The average Bonchev–Trinajstić information content (AvgIpc) is 2.45. The number of rotatable bonds is 2. The Morgan fingerprint density at radius 3 is 2.74 bits per heavy atom. The van der Waals surface area contributed by atoms with Crippen molar-refractivity contribution in [2.45, 2.75) is 49.5 Å². The quantitative estimate of drug-likeness (QED) is 0.593. The summed E-state index contributed by atoms with van der Waals surface area (Å²) in [4.78, 5) is 21.0. The number of carbonyl (C=O) groups excluding carboxylic acids is 1. The minimum atomic E-state index is -3.68. The number of carbonyl (C=O) groups is 1. The predicted octanol–water partition coefficient (Wildman–Crippen LogP) is 2.30. The average molecular weight is 362 g/mol. The van der Waals surface area contributed by atoms with Gasteiger partial charge in [0.05, 0.1) is 5.25 Å². The minimum Gasteiger partial charge on any atom is -0.444 e. The van der Waals surface area contributed by atoms with Crippen LogP contribution in [0, 0.1) is 0 Å². The van der Waals surface area contributed by atoms with Gasteiger partial charge in [0.15, 0.2) is 14.9 Å². The summed E-state index contributed by atoms with van der Waals surface area (Å²) >= 11 is 5.67. The number of nitrogens with zero attached hydrogens (tertiary/aromatic N) is 3. The lowest BCUT2D eigenvalue weighted by Gasteiger charge is -2.33. The van der Waals surface area contributed by atoms with Crippen LogP contribution in [0.25, 0.3) is 0 Å². The molecule has 1 aromatic heterocycles. The number of piperidine rings is 1. The van der Waals surface area contributed by atoms with Crippen LogP contribution in [0.1, 0.15) is 33.6 Å². The first-order chi connectivity index (χ1) is 10.6. The third-order valence-electron chi connectivity index (χ3n) is 3.36. The Balaban J connectivity index is 2.16. The molecule has 0 unspecified atom stereocenters. The molecule has 1 amide bonds. The van der Waals surface area contributed by atoms with Gasteiger partial charge in [0.1, 0.15) is 5.60 Å². The van der Waals surface area contributed by atoms with E-state index in [1.165, 1.54) is 17.2 Å². The number of hydrogen-bond acceptors (Lipinski definition) is 6. The van der Waals surface area contributed by atoms with Gasteiger partial charge in [-0.05, 0) is 51.3 Å². The van der Waals surface area contributed by atoms with Gasteiger partial charge >= 0.3 is 6.09 Å². The summed E-state index contributed by atoms with van der Waals surface area (Å²) in [5.41, 5.74) is -0.622. The predicted molar refractivity (Wildman–Crippen MR) is 85.1 cm³/mol. The van der Waals surface area contributed by atoms with E-state index in [-0.39, 0.29) is 16.9 Å². The molecule has 1 aliphatic heterocycles. The maximum atomic E-state index is 12.7. The molecule has 1 aliphatic rings. The van der Waals surface area contributed by atoms with Crippen molar-refractivity contribution in [3.8, 4) is 0 Å². The van der Waals surface area contributed by atoms with Gasteiger partial charge < -0.3 is 9.64 Å². The molecule has 0 aromatic carbocycles. The summed E-state index contributed by atoms with van der Waals surface area (Å²) in [5.74, 6) is 0. The summed E-state index contributed by atoms with van der Waals surface area (Å²) in [7, 11) is -3.68. The van der Waals surface area contributed by atoms with Crippen LogP contribution >= 0.6 is 11.6 Å². The molecule has 0 N–H and O–H groups in total. The van der Waals surface area contributed by atoms with Crippen LogP contribution in [-0.4, -0.2) is 53.3 Å². The summed E-state index contributed by atoms with van der Waals surface area (Å²) in [6.45, 7) is 5.87. The van der Waals surface area contributed by atoms with E-state index in [1.54, 1.807) is 20.8 Å². The Kier molecular flexibility index (Phi) is 5.15. The van der Waals surface area contributed by atoms with Gasteiger partial charge in [-0.25, -0.2) is 23.2 Å². The molecule has 7 nitrogen and oxygen atoms in total. The topological polar surface area (TPSA) is 89.5 Å². The van der Waals surface area contributed by atoms with Crippen molar-refractivity contribution in [1.82, 2.24) is 14.9 Å². The van der Waals surface area contributed by atoms with Crippen LogP contribution in [-0.2, 0) is 14.6 Å². The van der Waals surface area contributed by atoms with Crippen LogP contribution in [0.5, 0.6) is 0 Å². The van der Waals surface area contributed by atoms with E-state index in [9.17, 15) is 13.2 Å². The van der Waals surface area contributed by atoms with E-state index in [4.69, 9.17) is 16.3 Å². The summed E-state index contributed by atoms with van der Waals surface area (Å²) in [6.07, 6.45) is 1.85. The second-order valence-corrected chi connectivity index (χ2v) is 8.91. The molecule has 0 bridgehead atoms. The lowest BCUT2D eigenvalue weighted by atomic mass is 10.1. The molecule has 128 valence electrons. The Labute approximate surface area is 140 Å². The fourth-order valence-electron chi connectivity index (χ4n) is 2.33. The van der Waals surface area contributed by atoms with Crippen LogP contribution in [0.4, 0.5) is 4.79 Å². The molecule has 23 heavy (non-hydrogen) atoms. The van der Waals surface area contributed by atoms with Crippen molar-refractivity contribution in [3.63, 3.8) is 0 Å². The van der Waals surface area contributed by atoms with Gasteiger partial charge in [0.2, 0.25) is 5.28 Å². The van der Waals surface area contributed by atoms with E-state index >= 15 is 0 Å². The molecule has 1 aromatic rings. The van der Waals surface area contributed by atoms with Crippen LogP contribution in [0.15, 0.2) is 17.3 Å². The molecule has 0 spiro atoms. The molecule has 9 heteroatoms. The normalized spacial score (nSPS) is 19.5. The highest BCUT2D eigenvalue weighted by molar-refractivity contribution is 7.92. The van der Waals surface area contributed by atoms with Crippen molar-refractivity contribution >= 4 is 27.5 Å². The van der Waals surface area contributed by atoms with Crippen molar-refractivity contribution in [3.05, 3.63) is 17.5 Å². The number of amides is 1.